The van der Waals surface area contributed by atoms with Crippen LogP contribution in [0.15, 0.2) is 223 Å². The van der Waals surface area contributed by atoms with Gasteiger partial charge >= 0.3 is 0 Å². The summed E-state index contributed by atoms with van der Waals surface area (Å²) in [5.41, 5.74) is 15.1. The molecule has 5 heterocycles. The van der Waals surface area contributed by atoms with Gasteiger partial charge in [0.05, 0.1) is 66.9 Å². The number of para-hydroxylation sites is 8. The van der Waals surface area contributed by atoms with E-state index in [1.807, 2.05) is 0 Å². The maximum absolute atomic E-state index is 7.23. The van der Waals surface area contributed by atoms with Crippen molar-refractivity contribution in [1.29, 1.82) is 0 Å². The van der Waals surface area contributed by atoms with E-state index in [1.165, 1.54) is 43.1 Å². The van der Waals surface area contributed by atoms with Crippen LogP contribution >= 0.6 is 0 Å². The monoisotopic (exact) mass is 828 g/mol. The Labute approximate surface area is 371 Å². The first kappa shape index (κ1) is 34.7. The molecular formula is C60H36N4O. The highest BCUT2D eigenvalue weighted by atomic mass is 16.3. The average molecular weight is 829 g/mol. The first-order chi connectivity index (χ1) is 32.3. The lowest BCUT2D eigenvalue weighted by Crippen LogP contribution is -2.04. The molecule has 15 aromatic rings. The van der Waals surface area contributed by atoms with Gasteiger partial charge in [-0.2, -0.15) is 0 Å². The summed E-state index contributed by atoms with van der Waals surface area (Å²) in [6, 6.07) is 79.5. The lowest BCUT2D eigenvalue weighted by molar-refractivity contribution is 0.668. The van der Waals surface area contributed by atoms with Gasteiger partial charge < -0.3 is 22.7 Å². The van der Waals surface area contributed by atoms with E-state index in [4.69, 9.17) is 4.42 Å². The summed E-state index contributed by atoms with van der Waals surface area (Å²) >= 11 is 0. The van der Waals surface area contributed by atoms with Crippen LogP contribution in [-0.4, -0.2) is 18.3 Å². The Morgan fingerprint density at radius 2 is 0.385 bits per heavy atom. The van der Waals surface area contributed by atoms with Crippen LogP contribution in [-0.2, 0) is 0 Å². The van der Waals surface area contributed by atoms with E-state index in [2.05, 4.69) is 237 Å². The van der Waals surface area contributed by atoms with E-state index in [0.717, 1.165) is 88.8 Å². The summed E-state index contributed by atoms with van der Waals surface area (Å²) in [5, 5.41) is 11.8. The molecule has 5 aromatic heterocycles. The quantitative estimate of drug-likeness (QED) is 0.174. The number of hydrogen-bond donors (Lipinski definition) is 0. The molecule has 0 saturated heterocycles. The van der Waals surface area contributed by atoms with Gasteiger partial charge in [-0.1, -0.05) is 146 Å². The van der Waals surface area contributed by atoms with Gasteiger partial charge in [0.15, 0.2) is 0 Å². The Bertz CT molecular complexity index is 3990. The van der Waals surface area contributed by atoms with Crippen molar-refractivity contribution in [3.05, 3.63) is 218 Å². The highest BCUT2D eigenvalue weighted by Crippen LogP contribution is 2.45. The Kier molecular flexibility index (Phi) is 6.89. The zero-order chi connectivity index (χ0) is 42.3. The van der Waals surface area contributed by atoms with Gasteiger partial charge in [0, 0.05) is 66.0 Å². The molecule has 0 saturated carbocycles. The van der Waals surface area contributed by atoms with Crippen LogP contribution in [0.25, 0.3) is 132 Å². The standard InChI is InChI=1S/C60H36N4O/c1-9-25-47-37(17-1)38-18-2-10-26-48(38)61(47)55-33-45-46-34-56(62-49-27-11-3-19-39(49)40-20-4-12-28-50(40)62)58(64-53-31-15-7-23-43(53)44-24-8-16-32-54(44)64)36-60(46)65-59(45)35-57(55)63-51-29-13-5-21-41(51)42-22-6-14-30-52(42)63/h1-36H. The molecule has 0 spiro atoms. The summed E-state index contributed by atoms with van der Waals surface area (Å²) in [6.07, 6.45) is 0. The minimum atomic E-state index is 0.828. The van der Waals surface area contributed by atoms with E-state index in [1.54, 1.807) is 0 Å². The van der Waals surface area contributed by atoms with Gasteiger partial charge in [0.25, 0.3) is 0 Å². The predicted molar refractivity (Wildman–Crippen MR) is 271 cm³/mol. The number of benzene rings is 10. The summed E-state index contributed by atoms with van der Waals surface area (Å²) in [7, 11) is 0. The molecule has 65 heavy (non-hydrogen) atoms. The van der Waals surface area contributed by atoms with Crippen molar-refractivity contribution < 1.29 is 4.42 Å². The highest BCUT2D eigenvalue weighted by Gasteiger charge is 2.25. The van der Waals surface area contributed by atoms with Crippen molar-refractivity contribution in [3.8, 4) is 22.7 Å². The van der Waals surface area contributed by atoms with E-state index >= 15 is 0 Å². The molecule has 10 aromatic carbocycles. The molecule has 0 aliphatic heterocycles. The van der Waals surface area contributed by atoms with Crippen LogP contribution in [0, 0.1) is 0 Å². The van der Waals surface area contributed by atoms with Crippen molar-refractivity contribution in [2.75, 3.05) is 0 Å². The molecule has 0 aliphatic carbocycles. The summed E-state index contributed by atoms with van der Waals surface area (Å²) in [4.78, 5) is 0. The third-order valence-corrected chi connectivity index (χ3v) is 13.9. The Morgan fingerprint density at radius 1 is 0.200 bits per heavy atom. The average Bonchev–Trinajstić information content (AvgIpc) is 4.16. The lowest BCUT2D eigenvalue weighted by atomic mass is 10.1. The topological polar surface area (TPSA) is 32.9 Å². The predicted octanol–water partition coefficient (Wildman–Crippen LogP) is 16.0. The van der Waals surface area contributed by atoms with Crippen LogP contribution in [0.3, 0.4) is 0 Å². The van der Waals surface area contributed by atoms with Gasteiger partial charge in [-0.15, -0.1) is 0 Å². The third kappa shape index (κ3) is 4.65. The molecule has 0 radical (unpaired) electrons. The Morgan fingerprint density at radius 3 is 0.600 bits per heavy atom. The number of fused-ring (bicyclic) bond motifs is 15. The molecule has 0 N–H and O–H groups in total. The molecule has 0 unspecified atom stereocenters. The number of aromatic nitrogens is 4. The fourth-order valence-corrected chi connectivity index (χ4v) is 11.3. The van der Waals surface area contributed by atoms with Crippen molar-refractivity contribution >= 4 is 109 Å². The van der Waals surface area contributed by atoms with E-state index in [9.17, 15) is 0 Å². The summed E-state index contributed by atoms with van der Waals surface area (Å²) in [5.74, 6) is 0. The minimum absolute atomic E-state index is 0.828. The molecular weight excluding hydrogens is 793 g/mol. The summed E-state index contributed by atoms with van der Waals surface area (Å²) in [6.45, 7) is 0. The molecule has 5 heteroatoms. The molecule has 0 bridgehead atoms. The van der Waals surface area contributed by atoms with Crippen molar-refractivity contribution in [3.63, 3.8) is 0 Å². The Hall–Kier alpha value is -8.80. The largest absolute Gasteiger partial charge is 0.456 e. The van der Waals surface area contributed by atoms with E-state index in [-0.39, 0.29) is 0 Å². The second-order valence-electron chi connectivity index (χ2n) is 17.3. The van der Waals surface area contributed by atoms with Gasteiger partial charge in [0.2, 0.25) is 0 Å². The maximum Gasteiger partial charge on any atom is 0.137 e. The minimum Gasteiger partial charge on any atom is -0.456 e. The summed E-state index contributed by atoms with van der Waals surface area (Å²) < 4.78 is 17.0. The number of furan rings is 1. The fraction of sp³-hybridized carbons (Fsp3) is 0. The van der Waals surface area contributed by atoms with E-state index in [0.29, 0.717) is 0 Å². The third-order valence-electron chi connectivity index (χ3n) is 13.9. The van der Waals surface area contributed by atoms with Crippen molar-refractivity contribution in [2.24, 2.45) is 0 Å². The van der Waals surface area contributed by atoms with Crippen LogP contribution < -0.4 is 0 Å². The first-order valence-corrected chi connectivity index (χ1v) is 22.3. The fourth-order valence-electron chi connectivity index (χ4n) is 11.3. The Balaban J connectivity index is 1.13. The van der Waals surface area contributed by atoms with Gasteiger partial charge in [0.1, 0.15) is 11.2 Å². The number of hydrogen-bond acceptors (Lipinski definition) is 1. The van der Waals surface area contributed by atoms with Gasteiger partial charge in [-0.25, -0.2) is 0 Å². The first-order valence-electron chi connectivity index (χ1n) is 22.3. The molecule has 302 valence electrons. The van der Waals surface area contributed by atoms with Gasteiger partial charge in [-0.05, 0) is 60.7 Å². The van der Waals surface area contributed by atoms with Crippen molar-refractivity contribution in [2.45, 2.75) is 0 Å². The van der Waals surface area contributed by atoms with Gasteiger partial charge in [-0.3, -0.25) is 0 Å². The molecule has 0 amide bonds. The molecule has 15 rings (SSSR count). The van der Waals surface area contributed by atoms with Crippen LogP contribution in [0.2, 0.25) is 0 Å². The molecule has 0 fully saturated rings. The highest BCUT2D eigenvalue weighted by molar-refractivity contribution is 6.16. The zero-order valence-corrected chi connectivity index (χ0v) is 35.0. The molecule has 0 atom stereocenters. The second-order valence-corrected chi connectivity index (χ2v) is 17.3. The van der Waals surface area contributed by atoms with E-state index < -0.39 is 0 Å². The lowest BCUT2D eigenvalue weighted by Gasteiger charge is -2.18. The smallest absolute Gasteiger partial charge is 0.137 e. The van der Waals surface area contributed by atoms with Crippen LogP contribution in [0.1, 0.15) is 0 Å². The van der Waals surface area contributed by atoms with Crippen LogP contribution in [0.5, 0.6) is 0 Å². The maximum atomic E-state index is 7.23. The SMILES string of the molecule is c1ccc2c(c1)c1ccccc1n2-c1cc2oc3cc(-n4c5ccccc5c5ccccc54)c(-n4c5ccccc5c5ccccc54)cc3c2cc1-n1c2ccccc2c2ccccc21. The normalized spacial score (nSPS) is 12.3. The molecule has 0 aliphatic rings. The van der Waals surface area contributed by atoms with Crippen molar-refractivity contribution in [1.82, 2.24) is 18.3 Å². The second kappa shape index (κ2) is 12.9. The zero-order valence-electron chi connectivity index (χ0n) is 35.0. The number of rotatable bonds is 4. The number of nitrogens with zero attached hydrogens (tertiary/aromatic N) is 4. The van der Waals surface area contributed by atoms with Crippen LogP contribution in [0.4, 0.5) is 0 Å². The molecule has 5 nitrogen and oxygen atoms in total.